The van der Waals surface area contributed by atoms with Crippen molar-refractivity contribution in [1.29, 1.82) is 0 Å². The molecule has 1 aromatic heterocycles. The number of nitrogens with zero attached hydrogens (tertiary/aromatic N) is 1. The number of thiazole rings is 1. The molecule has 3 rings (SSSR count). The fraction of sp³-hybridized carbons (Fsp3) is 0.176. The third-order valence-corrected chi connectivity index (χ3v) is 4.65. The van der Waals surface area contributed by atoms with Gasteiger partial charge in [-0.2, -0.15) is 0 Å². The maximum Gasteiger partial charge on any atom is 0.264 e. The van der Waals surface area contributed by atoms with Gasteiger partial charge < -0.3 is 9.47 Å². The first-order chi connectivity index (χ1) is 12.1. The lowest BCUT2D eigenvalue weighted by molar-refractivity contribution is -0.118. The van der Waals surface area contributed by atoms with Crippen molar-refractivity contribution in [3.63, 3.8) is 0 Å². The van der Waals surface area contributed by atoms with Gasteiger partial charge in [0.1, 0.15) is 17.0 Å². The summed E-state index contributed by atoms with van der Waals surface area (Å²) >= 11 is 13.2. The Bertz CT molecular complexity index is 914. The van der Waals surface area contributed by atoms with E-state index in [1.54, 1.807) is 18.2 Å². The van der Waals surface area contributed by atoms with Crippen LogP contribution in [0.4, 0.5) is 5.13 Å². The van der Waals surface area contributed by atoms with E-state index < -0.39 is 0 Å². The lowest BCUT2D eigenvalue weighted by Crippen LogP contribution is -2.20. The molecule has 5 nitrogen and oxygen atoms in total. The van der Waals surface area contributed by atoms with Crippen LogP contribution in [0.2, 0.25) is 10.0 Å². The zero-order valence-corrected chi connectivity index (χ0v) is 15.5. The van der Waals surface area contributed by atoms with Gasteiger partial charge in [0, 0.05) is 5.02 Å². The molecule has 0 atom stereocenters. The first-order valence-electron chi connectivity index (χ1n) is 7.47. The number of ether oxygens (including phenoxy) is 2. The predicted molar refractivity (Wildman–Crippen MR) is 101 cm³/mol. The summed E-state index contributed by atoms with van der Waals surface area (Å²) in [5, 5.41) is 4.05. The van der Waals surface area contributed by atoms with E-state index in [0.717, 1.165) is 10.2 Å². The summed E-state index contributed by atoms with van der Waals surface area (Å²) in [5.41, 5.74) is 0.728. The number of rotatable bonds is 6. The number of carbonyl (C=O) groups excluding carboxylic acids is 1. The molecule has 0 fully saturated rings. The van der Waals surface area contributed by atoms with E-state index in [-0.39, 0.29) is 12.5 Å². The van der Waals surface area contributed by atoms with Crippen LogP contribution in [0.1, 0.15) is 6.92 Å². The number of amides is 1. The van der Waals surface area contributed by atoms with Crippen LogP contribution in [0.5, 0.6) is 11.5 Å². The highest BCUT2D eigenvalue weighted by Crippen LogP contribution is 2.32. The van der Waals surface area contributed by atoms with Crippen molar-refractivity contribution in [2.45, 2.75) is 6.92 Å². The van der Waals surface area contributed by atoms with E-state index in [0.29, 0.717) is 33.3 Å². The van der Waals surface area contributed by atoms with Gasteiger partial charge in [0.25, 0.3) is 5.91 Å². The average molecular weight is 397 g/mol. The molecule has 0 unspecified atom stereocenters. The van der Waals surface area contributed by atoms with Gasteiger partial charge in [0.2, 0.25) is 0 Å². The minimum Gasteiger partial charge on any atom is -0.492 e. The number of aromatic nitrogens is 1. The molecule has 3 aromatic rings. The van der Waals surface area contributed by atoms with E-state index in [1.807, 2.05) is 25.1 Å². The van der Waals surface area contributed by atoms with Gasteiger partial charge in [-0.1, -0.05) is 40.6 Å². The van der Waals surface area contributed by atoms with Crippen LogP contribution in [0.25, 0.3) is 10.2 Å². The molecule has 0 saturated carbocycles. The molecular weight excluding hydrogens is 383 g/mol. The molecule has 130 valence electrons. The Hall–Kier alpha value is -2.02. The highest BCUT2D eigenvalue weighted by atomic mass is 35.5. The van der Waals surface area contributed by atoms with Crippen LogP contribution in [0.3, 0.4) is 0 Å². The van der Waals surface area contributed by atoms with Gasteiger partial charge in [-0.25, -0.2) is 4.98 Å². The van der Waals surface area contributed by atoms with Crippen molar-refractivity contribution >= 4 is 55.8 Å². The summed E-state index contributed by atoms with van der Waals surface area (Å²) in [6.45, 7) is 2.27. The quantitative estimate of drug-likeness (QED) is 0.635. The minimum absolute atomic E-state index is 0.185. The van der Waals surface area contributed by atoms with Crippen LogP contribution < -0.4 is 14.8 Å². The summed E-state index contributed by atoms with van der Waals surface area (Å²) < 4.78 is 11.9. The van der Waals surface area contributed by atoms with E-state index in [2.05, 4.69) is 10.3 Å². The van der Waals surface area contributed by atoms with E-state index in [9.17, 15) is 4.79 Å². The van der Waals surface area contributed by atoms with Gasteiger partial charge >= 0.3 is 0 Å². The lowest BCUT2D eigenvalue weighted by Gasteiger charge is -2.07. The minimum atomic E-state index is -0.331. The molecule has 1 amide bonds. The Morgan fingerprint density at radius 1 is 1.20 bits per heavy atom. The smallest absolute Gasteiger partial charge is 0.264 e. The molecule has 8 heteroatoms. The third kappa shape index (κ3) is 4.34. The van der Waals surface area contributed by atoms with Crippen molar-refractivity contribution in [1.82, 2.24) is 4.98 Å². The zero-order chi connectivity index (χ0) is 17.8. The Labute approximate surface area is 158 Å². The monoisotopic (exact) mass is 396 g/mol. The molecule has 0 saturated heterocycles. The van der Waals surface area contributed by atoms with Gasteiger partial charge in [-0.05, 0) is 37.3 Å². The fourth-order valence-corrected chi connectivity index (χ4v) is 3.50. The predicted octanol–water partition coefficient (Wildman–Crippen LogP) is 5.02. The molecule has 0 aliphatic rings. The molecular formula is C17H14Cl2N2O3S. The number of benzene rings is 2. The van der Waals surface area contributed by atoms with E-state index in [1.165, 1.54) is 11.3 Å². The molecule has 0 spiro atoms. The molecule has 0 aliphatic carbocycles. The second kappa shape index (κ2) is 7.91. The van der Waals surface area contributed by atoms with E-state index >= 15 is 0 Å². The van der Waals surface area contributed by atoms with Gasteiger partial charge in [-0.15, -0.1) is 0 Å². The standard InChI is InChI=1S/C17H14Cl2N2O3S/c1-2-23-13-4-3-5-14-16(13)21-17(25-14)20-15(22)9-24-12-7-6-10(18)8-11(12)19/h3-8H,2,9H2,1H3,(H,20,21,22). The number of hydrogen-bond acceptors (Lipinski definition) is 5. The van der Waals surface area contributed by atoms with Crippen molar-refractivity contribution in [3.05, 3.63) is 46.4 Å². The van der Waals surface area contributed by atoms with Crippen LogP contribution in [-0.4, -0.2) is 24.1 Å². The molecule has 0 bridgehead atoms. The summed E-state index contributed by atoms with van der Waals surface area (Å²) in [5.74, 6) is 0.758. The van der Waals surface area contributed by atoms with Crippen molar-refractivity contribution in [3.8, 4) is 11.5 Å². The summed E-state index contributed by atoms with van der Waals surface area (Å²) in [6, 6.07) is 10.5. The molecule has 0 radical (unpaired) electrons. The Balaban J connectivity index is 1.66. The van der Waals surface area contributed by atoms with E-state index in [4.69, 9.17) is 32.7 Å². The number of fused-ring (bicyclic) bond motifs is 1. The second-order valence-corrected chi connectivity index (χ2v) is 6.84. The van der Waals surface area contributed by atoms with Crippen molar-refractivity contribution in [2.75, 3.05) is 18.5 Å². The zero-order valence-electron chi connectivity index (χ0n) is 13.2. The lowest BCUT2D eigenvalue weighted by atomic mass is 10.3. The maximum absolute atomic E-state index is 12.1. The van der Waals surface area contributed by atoms with Crippen LogP contribution in [0, 0.1) is 0 Å². The van der Waals surface area contributed by atoms with Gasteiger partial charge in [-0.3, -0.25) is 10.1 Å². The van der Waals surface area contributed by atoms with Gasteiger partial charge in [0.15, 0.2) is 11.7 Å². The number of nitrogens with one attached hydrogen (secondary N) is 1. The maximum atomic E-state index is 12.1. The second-order valence-electron chi connectivity index (χ2n) is 4.97. The summed E-state index contributed by atoms with van der Waals surface area (Å²) in [7, 11) is 0. The first kappa shape index (κ1) is 17.8. The SMILES string of the molecule is CCOc1cccc2sc(NC(=O)COc3ccc(Cl)cc3Cl)nc12. The number of hydrogen-bond donors (Lipinski definition) is 1. The van der Waals surface area contributed by atoms with Crippen LogP contribution in [-0.2, 0) is 4.79 Å². The topological polar surface area (TPSA) is 60.5 Å². The number of para-hydroxylation sites is 1. The summed E-state index contributed by atoms with van der Waals surface area (Å²) in [6.07, 6.45) is 0. The molecule has 25 heavy (non-hydrogen) atoms. The van der Waals surface area contributed by atoms with Crippen LogP contribution in [0.15, 0.2) is 36.4 Å². The first-order valence-corrected chi connectivity index (χ1v) is 9.04. The Kier molecular flexibility index (Phi) is 5.63. The normalized spacial score (nSPS) is 10.7. The highest BCUT2D eigenvalue weighted by Gasteiger charge is 2.12. The largest absolute Gasteiger partial charge is 0.492 e. The van der Waals surface area contributed by atoms with Crippen molar-refractivity contribution < 1.29 is 14.3 Å². The Morgan fingerprint density at radius 2 is 2.04 bits per heavy atom. The molecule has 0 aliphatic heterocycles. The molecule has 1 N–H and O–H groups in total. The van der Waals surface area contributed by atoms with Crippen LogP contribution >= 0.6 is 34.5 Å². The number of carbonyl (C=O) groups is 1. The third-order valence-electron chi connectivity index (χ3n) is 3.18. The highest BCUT2D eigenvalue weighted by molar-refractivity contribution is 7.22. The number of anilines is 1. The number of halogens is 2. The summed E-state index contributed by atoms with van der Waals surface area (Å²) in [4.78, 5) is 16.5. The molecule has 1 heterocycles. The van der Waals surface area contributed by atoms with Crippen molar-refractivity contribution in [2.24, 2.45) is 0 Å². The Morgan fingerprint density at radius 3 is 2.80 bits per heavy atom. The average Bonchev–Trinajstić information content (AvgIpc) is 2.97. The van der Waals surface area contributed by atoms with Gasteiger partial charge in [0.05, 0.1) is 16.3 Å². The fourth-order valence-electron chi connectivity index (χ4n) is 2.14. The molecule has 2 aromatic carbocycles.